The highest BCUT2D eigenvalue weighted by Crippen LogP contribution is 2.31. The third-order valence-corrected chi connectivity index (χ3v) is 6.47. The van der Waals surface area contributed by atoms with Gasteiger partial charge in [-0.1, -0.05) is 59.4 Å². The molecular weight excluding hydrogens is 464 g/mol. The Balaban J connectivity index is 1.67. The van der Waals surface area contributed by atoms with Gasteiger partial charge in [-0.25, -0.2) is 10.0 Å². The van der Waals surface area contributed by atoms with E-state index in [1.165, 1.54) is 12.8 Å². The van der Waals surface area contributed by atoms with Crippen LogP contribution in [0.2, 0.25) is 5.02 Å². The van der Waals surface area contributed by atoms with E-state index in [9.17, 15) is 4.79 Å². The quantitative estimate of drug-likeness (QED) is 0.550. The van der Waals surface area contributed by atoms with Crippen LogP contribution < -0.4 is 10.0 Å². The molecule has 0 spiro atoms. The summed E-state index contributed by atoms with van der Waals surface area (Å²) >= 11 is 9.87. The van der Waals surface area contributed by atoms with Gasteiger partial charge < -0.3 is 0 Å². The molecule has 2 aromatic rings. The summed E-state index contributed by atoms with van der Waals surface area (Å²) in [6.45, 7) is 4.43. The molecule has 30 heavy (non-hydrogen) atoms. The fourth-order valence-electron chi connectivity index (χ4n) is 4.04. The fourth-order valence-corrected chi connectivity index (χ4v) is 4.53. The van der Waals surface area contributed by atoms with E-state index in [2.05, 4.69) is 27.9 Å². The lowest BCUT2D eigenvalue weighted by Crippen LogP contribution is -2.50. The molecule has 0 N–H and O–H groups in total. The number of rotatable bonds is 4. The first-order chi connectivity index (χ1) is 14.5. The van der Waals surface area contributed by atoms with Crippen molar-refractivity contribution in [3.63, 3.8) is 0 Å². The van der Waals surface area contributed by atoms with E-state index in [0.717, 1.165) is 41.8 Å². The van der Waals surface area contributed by atoms with E-state index >= 15 is 0 Å². The zero-order valence-electron chi connectivity index (χ0n) is 17.1. The highest BCUT2D eigenvalue weighted by Gasteiger charge is 2.35. The van der Waals surface area contributed by atoms with E-state index in [0.29, 0.717) is 17.3 Å². The average Bonchev–Trinajstić information content (AvgIpc) is 2.94. The van der Waals surface area contributed by atoms with Crippen LogP contribution in [0.5, 0.6) is 0 Å². The molecule has 7 heteroatoms. The lowest BCUT2D eigenvalue weighted by atomic mass is 10.1. The molecule has 0 unspecified atom stereocenters. The molecule has 0 bridgehead atoms. The Hall–Kier alpha value is -1.89. The van der Waals surface area contributed by atoms with Crippen LogP contribution in [-0.2, 0) is 4.79 Å². The molecule has 0 aromatic heterocycles. The molecule has 0 aliphatic carbocycles. The van der Waals surface area contributed by atoms with Gasteiger partial charge in [0.25, 0.3) is 5.91 Å². The van der Waals surface area contributed by atoms with Crippen molar-refractivity contribution in [2.75, 3.05) is 29.7 Å². The lowest BCUT2D eigenvalue weighted by Gasteiger charge is -2.34. The Kier molecular flexibility index (Phi) is 6.76. The summed E-state index contributed by atoms with van der Waals surface area (Å²) in [4.78, 5) is 13.8. The van der Waals surface area contributed by atoms with Crippen LogP contribution in [-0.4, -0.2) is 36.3 Å². The number of amides is 1. The second-order valence-electron chi connectivity index (χ2n) is 7.88. The van der Waals surface area contributed by atoms with Crippen LogP contribution in [0.25, 0.3) is 0 Å². The van der Waals surface area contributed by atoms with E-state index in [4.69, 9.17) is 16.7 Å². The minimum Gasteiger partial charge on any atom is -0.266 e. The number of hydrogen-bond donors (Lipinski definition) is 0. The van der Waals surface area contributed by atoms with Crippen LogP contribution in [0.4, 0.5) is 11.4 Å². The van der Waals surface area contributed by atoms with Gasteiger partial charge in [-0.05, 0) is 49.2 Å². The SMILES string of the molecule is C[C@H]1CN(c2ccccc2Cl)N=C1C(=O)N(c1ccc(Br)cc1)N1CCCCCC1. The number of hydrogen-bond acceptors (Lipinski definition) is 4. The van der Waals surface area contributed by atoms with Gasteiger partial charge in [-0.3, -0.25) is 9.80 Å². The standard InChI is InChI=1S/C23H26BrClN4O/c1-17-16-28(21-9-5-4-8-20(21)25)26-22(17)23(30)29(19-12-10-18(24)11-13-19)27-14-6-2-3-7-15-27/h4-5,8-13,17H,2-3,6-7,14-16H2,1H3/t17-/m0/s1. The molecule has 2 aromatic carbocycles. The van der Waals surface area contributed by atoms with Gasteiger partial charge in [-0.15, -0.1) is 0 Å². The zero-order chi connectivity index (χ0) is 21.1. The van der Waals surface area contributed by atoms with Crippen LogP contribution in [0, 0.1) is 5.92 Å². The molecule has 0 radical (unpaired) electrons. The molecule has 2 aliphatic rings. The van der Waals surface area contributed by atoms with E-state index < -0.39 is 0 Å². The number of para-hydroxylation sites is 1. The van der Waals surface area contributed by atoms with E-state index in [1.54, 1.807) is 0 Å². The number of carbonyl (C=O) groups is 1. The predicted octanol–water partition coefficient (Wildman–Crippen LogP) is 5.74. The van der Waals surface area contributed by atoms with Gasteiger partial charge in [-0.2, -0.15) is 5.10 Å². The van der Waals surface area contributed by atoms with Gasteiger partial charge in [0, 0.05) is 23.5 Å². The van der Waals surface area contributed by atoms with Gasteiger partial charge >= 0.3 is 0 Å². The Bertz CT molecular complexity index is 925. The van der Waals surface area contributed by atoms with Crippen molar-refractivity contribution < 1.29 is 4.79 Å². The Morgan fingerprint density at radius 2 is 1.73 bits per heavy atom. The number of nitrogens with zero attached hydrogens (tertiary/aromatic N) is 4. The summed E-state index contributed by atoms with van der Waals surface area (Å²) in [6.07, 6.45) is 4.59. The summed E-state index contributed by atoms with van der Waals surface area (Å²) in [5.41, 5.74) is 2.28. The second-order valence-corrected chi connectivity index (χ2v) is 9.20. The third kappa shape index (κ3) is 4.56. The number of halogens is 2. The van der Waals surface area contributed by atoms with Gasteiger partial charge in [0.05, 0.1) is 22.9 Å². The molecule has 5 nitrogen and oxygen atoms in total. The van der Waals surface area contributed by atoms with Crippen LogP contribution in [0.3, 0.4) is 0 Å². The molecule has 158 valence electrons. The number of carbonyl (C=O) groups excluding carboxylic acids is 1. The first kappa shape index (κ1) is 21.3. The zero-order valence-corrected chi connectivity index (χ0v) is 19.4. The molecular formula is C23H26BrClN4O. The highest BCUT2D eigenvalue weighted by atomic mass is 79.9. The van der Waals surface area contributed by atoms with E-state index in [1.807, 2.05) is 58.5 Å². The summed E-state index contributed by atoms with van der Waals surface area (Å²) in [6, 6.07) is 15.5. The summed E-state index contributed by atoms with van der Waals surface area (Å²) in [5.74, 6) is -0.0417. The minimum absolute atomic E-state index is 0.0127. The fraction of sp³-hybridized carbons (Fsp3) is 0.391. The van der Waals surface area contributed by atoms with Crippen molar-refractivity contribution in [3.8, 4) is 0 Å². The van der Waals surface area contributed by atoms with Gasteiger partial charge in [0.1, 0.15) is 5.71 Å². The van der Waals surface area contributed by atoms with Crippen molar-refractivity contribution in [3.05, 3.63) is 58.0 Å². The van der Waals surface area contributed by atoms with Gasteiger partial charge in [0.2, 0.25) is 0 Å². The Labute approximate surface area is 191 Å². The smallest absolute Gasteiger partial charge is 0.266 e. The van der Waals surface area contributed by atoms with Gasteiger partial charge in [0.15, 0.2) is 0 Å². The van der Waals surface area contributed by atoms with Crippen molar-refractivity contribution in [1.29, 1.82) is 0 Å². The molecule has 2 aliphatic heterocycles. The molecule has 4 rings (SSSR count). The first-order valence-corrected chi connectivity index (χ1v) is 11.7. The normalized spacial score (nSPS) is 20.0. The van der Waals surface area contributed by atoms with Crippen molar-refractivity contribution in [2.45, 2.75) is 32.6 Å². The maximum absolute atomic E-state index is 13.8. The Morgan fingerprint density at radius 1 is 1.07 bits per heavy atom. The molecule has 1 atom stereocenters. The summed E-state index contributed by atoms with van der Waals surface area (Å²) in [7, 11) is 0. The maximum Gasteiger partial charge on any atom is 0.289 e. The lowest BCUT2D eigenvalue weighted by molar-refractivity contribution is -0.115. The predicted molar refractivity (Wildman–Crippen MR) is 127 cm³/mol. The monoisotopic (exact) mass is 488 g/mol. The second kappa shape index (κ2) is 9.50. The topological polar surface area (TPSA) is 39.2 Å². The molecule has 1 fully saturated rings. The number of anilines is 2. The third-order valence-electron chi connectivity index (χ3n) is 5.62. The number of hydrazine groups is 1. The maximum atomic E-state index is 13.8. The average molecular weight is 490 g/mol. The van der Waals surface area contributed by atoms with Crippen LogP contribution >= 0.6 is 27.5 Å². The van der Waals surface area contributed by atoms with Crippen LogP contribution in [0.1, 0.15) is 32.6 Å². The van der Waals surface area contributed by atoms with E-state index in [-0.39, 0.29) is 11.8 Å². The minimum atomic E-state index is -0.0544. The van der Waals surface area contributed by atoms with Crippen molar-refractivity contribution >= 4 is 50.5 Å². The van der Waals surface area contributed by atoms with Crippen molar-refractivity contribution in [1.82, 2.24) is 5.01 Å². The summed E-state index contributed by atoms with van der Waals surface area (Å²) < 4.78 is 0.992. The largest absolute Gasteiger partial charge is 0.289 e. The molecule has 0 saturated carbocycles. The molecule has 2 heterocycles. The molecule has 1 saturated heterocycles. The summed E-state index contributed by atoms with van der Waals surface area (Å²) in [5, 5.41) is 11.2. The number of benzene rings is 2. The van der Waals surface area contributed by atoms with Crippen LogP contribution in [0.15, 0.2) is 58.1 Å². The highest BCUT2D eigenvalue weighted by molar-refractivity contribution is 9.10. The molecule has 1 amide bonds. The first-order valence-electron chi connectivity index (χ1n) is 10.5. The van der Waals surface area contributed by atoms with Crippen molar-refractivity contribution in [2.24, 2.45) is 11.0 Å². The Morgan fingerprint density at radius 3 is 2.40 bits per heavy atom. The number of hydrazone groups is 1.